The van der Waals surface area contributed by atoms with Crippen molar-refractivity contribution in [2.75, 3.05) is 19.8 Å². The van der Waals surface area contributed by atoms with Gasteiger partial charge in [-0.3, -0.25) is 0 Å². The third kappa shape index (κ3) is 5.68. The summed E-state index contributed by atoms with van der Waals surface area (Å²) < 4.78 is 5.79. The summed E-state index contributed by atoms with van der Waals surface area (Å²) in [7, 11) is 0. The molecule has 0 amide bonds. The Hall–Kier alpha value is -1.06. The number of rotatable bonds is 10. The number of hydrogen-bond donors (Lipinski definition) is 2. The van der Waals surface area contributed by atoms with Crippen LogP contribution in [0.5, 0.6) is 5.75 Å². The van der Waals surface area contributed by atoms with Crippen LogP contribution in [-0.4, -0.2) is 30.4 Å². The minimum Gasteiger partial charge on any atom is -0.494 e. The molecule has 2 N–H and O–H groups in total. The van der Waals surface area contributed by atoms with Gasteiger partial charge in [0.2, 0.25) is 0 Å². The SMILES string of the molecule is CCNC(CC)(CO)CCCOc1ccc(C(C)C)cc1. The van der Waals surface area contributed by atoms with Gasteiger partial charge in [0.15, 0.2) is 0 Å². The van der Waals surface area contributed by atoms with Gasteiger partial charge in [0.05, 0.1) is 13.2 Å². The second-order valence-electron chi connectivity index (χ2n) is 6.00. The number of hydrogen-bond acceptors (Lipinski definition) is 3. The van der Waals surface area contributed by atoms with Crippen LogP contribution in [0.1, 0.15) is 58.4 Å². The Balaban J connectivity index is 2.39. The van der Waals surface area contributed by atoms with Crippen LogP contribution >= 0.6 is 0 Å². The van der Waals surface area contributed by atoms with Gasteiger partial charge in [-0.25, -0.2) is 0 Å². The van der Waals surface area contributed by atoms with E-state index in [1.165, 1.54) is 5.56 Å². The Labute approximate surface area is 129 Å². The molecule has 21 heavy (non-hydrogen) atoms. The number of aliphatic hydroxyl groups is 1. The summed E-state index contributed by atoms with van der Waals surface area (Å²) in [5.74, 6) is 1.47. The van der Waals surface area contributed by atoms with Crippen LogP contribution in [0.3, 0.4) is 0 Å². The summed E-state index contributed by atoms with van der Waals surface area (Å²) in [6.07, 6.45) is 2.80. The topological polar surface area (TPSA) is 41.5 Å². The highest BCUT2D eigenvalue weighted by molar-refractivity contribution is 5.28. The smallest absolute Gasteiger partial charge is 0.119 e. The van der Waals surface area contributed by atoms with Gasteiger partial charge < -0.3 is 15.2 Å². The third-order valence-electron chi connectivity index (χ3n) is 4.15. The fraction of sp³-hybridized carbons (Fsp3) is 0.667. The molecule has 1 rings (SSSR count). The van der Waals surface area contributed by atoms with Crippen molar-refractivity contribution >= 4 is 0 Å². The lowest BCUT2D eigenvalue weighted by atomic mass is 9.91. The summed E-state index contributed by atoms with van der Waals surface area (Å²) in [6, 6.07) is 8.34. The van der Waals surface area contributed by atoms with Crippen molar-refractivity contribution in [2.24, 2.45) is 0 Å². The van der Waals surface area contributed by atoms with Crippen LogP contribution in [0, 0.1) is 0 Å². The van der Waals surface area contributed by atoms with Gasteiger partial charge in [-0.05, 0) is 49.4 Å². The Morgan fingerprint density at radius 2 is 1.86 bits per heavy atom. The zero-order valence-electron chi connectivity index (χ0n) is 14.0. The Morgan fingerprint density at radius 3 is 2.33 bits per heavy atom. The Bertz CT molecular complexity index is 383. The fourth-order valence-electron chi connectivity index (χ4n) is 2.56. The van der Waals surface area contributed by atoms with Crippen LogP contribution < -0.4 is 10.1 Å². The van der Waals surface area contributed by atoms with Crippen molar-refractivity contribution in [3.8, 4) is 5.75 Å². The van der Waals surface area contributed by atoms with E-state index in [4.69, 9.17) is 4.74 Å². The molecule has 0 aliphatic rings. The highest BCUT2D eigenvalue weighted by Gasteiger charge is 2.25. The lowest BCUT2D eigenvalue weighted by Gasteiger charge is -2.31. The molecule has 1 unspecified atom stereocenters. The number of nitrogens with one attached hydrogen (secondary N) is 1. The molecule has 0 saturated carbocycles. The molecule has 120 valence electrons. The first-order chi connectivity index (χ1) is 10.1. The summed E-state index contributed by atoms with van der Waals surface area (Å²) in [5.41, 5.74) is 1.18. The highest BCUT2D eigenvalue weighted by Crippen LogP contribution is 2.20. The van der Waals surface area contributed by atoms with E-state index in [0.29, 0.717) is 12.5 Å². The first-order valence-electron chi connectivity index (χ1n) is 8.15. The molecule has 3 nitrogen and oxygen atoms in total. The number of benzene rings is 1. The van der Waals surface area contributed by atoms with Gasteiger partial charge in [0.25, 0.3) is 0 Å². The van der Waals surface area contributed by atoms with E-state index in [0.717, 1.165) is 31.6 Å². The lowest BCUT2D eigenvalue weighted by molar-refractivity contribution is 0.139. The number of ether oxygens (including phenoxy) is 1. The van der Waals surface area contributed by atoms with Gasteiger partial charge in [-0.2, -0.15) is 0 Å². The van der Waals surface area contributed by atoms with E-state index in [1.807, 2.05) is 12.1 Å². The average Bonchev–Trinajstić information content (AvgIpc) is 2.51. The predicted octanol–water partition coefficient (Wildman–Crippen LogP) is 3.72. The quantitative estimate of drug-likeness (QED) is 0.646. The van der Waals surface area contributed by atoms with Crippen LogP contribution in [0.2, 0.25) is 0 Å². The zero-order valence-corrected chi connectivity index (χ0v) is 14.0. The standard InChI is InChI=1S/C18H31NO2/c1-5-18(14-20,19-6-2)12-7-13-21-17-10-8-16(9-11-17)15(3)4/h8-11,15,19-20H,5-7,12-14H2,1-4H3. The van der Waals surface area contributed by atoms with E-state index in [-0.39, 0.29) is 12.1 Å². The van der Waals surface area contributed by atoms with Gasteiger partial charge >= 0.3 is 0 Å². The Morgan fingerprint density at radius 1 is 1.19 bits per heavy atom. The first kappa shape index (κ1) is 18.0. The molecule has 0 aliphatic heterocycles. The number of aliphatic hydroxyl groups excluding tert-OH is 1. The summed E-state index contributed by atoms with van der Waals surface area (Å²) in [4.78, 5) is 0. The summed E-state index contributed by atoms with van der Waals surface area (Å²) >= 11 is 0. The lowest BCUT2D eigenvalue weighted by Crippen LogP contribution is -2.48. The number of likely N-dealkylation sites (N-methyl/N-ethyl adjacent to an activating group) is 1. The van der Waals surface area contributed by atoms with Crippen LogP contribution in [0.25, 0.3) is 0 Å². The van der Waals surface area contributed by atoms with Gasteiger partial charge in [-0.15, -0.1) is 0 Å². The molecule has 0 fully saturated rings. The molecule has 3 heteroatoms. The molecule has 0 aromatic heterocycles. The average molecular weight is 293 g/mol. The minimum atomic E-state index is -0.153. The maximum absolute atomic E-state index is 9.60. The molecule has 0 bridgehead atoms. The maximum Gasteiger partial charge on any atom is 0.119 e. The van der Waals surface area contributed by atoms with Gasteiger partial charge in [0, 0.05) is 5.54 Å². The van der Waals surface area contributed by atoms with Crippen molar-refractivity contribution in [3.63, 3.8) is 0 Å². The molecule has 1 aromatic rings. The van der Waals surface area contributed by atoms with E-state index >= 15 is 0 Å². The second kappa shape index (κ2) is 9.06. The van der Waals surface area contributed by atoms with Crippen molar-refractivity contribution in [3.05, 3.63) is 29.8 Å². The second-order valence-corrected chi connectivity index (χ2v) is 6.00. The molecule has 0 saturated heterocycles. The van der Waals surface area contributed by atoms with E-state index in [1.54, 1.807) is 0 Å². The van der Waals surface area contributed by atoms with Gasteiger partial charge in [-0.1, -0.05) is 39.8 Å². The van der Waals surface area contributed by atoms with E-state index < -0.39 is 0 Å². The molecule has 0 aliphatic carbocycles. The third-order valence-corrected chi connectivity index (χ3v) is 4.15. The largest absolute Gasteiger partial charge is 0.494 e. The zero-order chi connectivity index (χ0) is 15.7. The van der Waals surface area contributed by atoms with E-state index in [2.05, 4.69) is 45.1 Å². The van der Waals surface area contributed by atoms with Crippen LogP contribution in [-0.2, 0) is 0 Å². The molecule has 1 aromatic carbocycles. The summed E-state index contributed by atoms with van der Waals surface area (Å²) in [6.45, 7) is 10.3. The van der Waals surface area contributed by atoms with Crippen molar-refractivity contribution < 1.29 is 9.84 Å². The van der Waals surface area contributed by atoms with E-state index in [9.17, 15) is 5.11 Å². The van der Waals surface area contributed by atoms with Crippen molar-refractivity contribution in [1.29, 1.82) is 0 Å². The molecule has 0 heterocycles. The van der Waals surface area contributed by atoms with Gasteiger partial charge in [0.1, 0.15) is 5.75 Å². The Kier molecular flexibility index (Phi) is 7.76. The molecule has 0 spiro atoms. The molecular formula is C18H31NO2. The maximum atomic E-state index is 9.60. The monoisotopic (exact) mass is 293 g/mol. The van der Waals surface area contributed by atoms with Crippen LogP contribution in [0.15, 0.2) is 24.3 Å². The first-order valence-corrected chi connectivity index (χ1v) is 8.15. The molecular weight excluding hydrogens is 262 g/mol. The molecule has 0 radical (unpaired) electrons. The highest BCUT2D eigenvalue weighted by atomic mass is 16.5. The predicted molar refractivity (Wildman–Crippen MR) is 89.0 cm³/mol. The van der Waals surface area contributed by atoms with Crippen LogP contribution in [0.4, 0.5) is 0 Å². The minimum absolute atomic E-state index is 0.153. The fourth-order valence-corrected chi connectivity index (χ4v) is 2.56. The van der Waals surface area contributed by atoms with Crippen molar-refractivity contribution in [1.82, 2.24) is 5.32 Å². The summed E-state index contributed by atoms with van der Waals surface area (Å²) in [5, 5.41) is 13.0. The normalized spacial score (nSPS) is 14.2. The van der Waals surface area contributed by atoms with Crippen molar-refractivity contribution in [2.45, 2.75) is 58.4 Å². The molecule has 1 atom stereocenters.